The van der Waals surface area contributed by atoms with E-state index in [4.69, 9.17) is 11.6 Å². The monoisotopic (exact) mass is 388 g/mol. The van der Waals surface area contributed by atoms with Crippen LogP contribution in [0.3, 0.4) is 0 Å². The van der Waals surface area contributed by atoms with Gasteiger partial charge in [0.1, 0.15) is 0 Å². The second-order valence-electron chi connectivity index (χ2n) is 6.43. The Morgan fingerprint density at radius 2 is 2.20 bits per heavy atom. The van der Waals surface area contributed by atoms with Crippen LogP contribution in [0.2, 0.25) is 5.02 Å². The quantitative estimate of drug-likeness (QED) is 0.573. The molecule has 0 aromatic heterocycles. The molecule has 1 fully saturated rings. The summed E-state index contributed by atoms with van der Waals surface area (Å²) in [5.41, 5.74) is 0.0364. The van der Waals surface area contributed by atoms with E-state index >= 15 is 0 Å². The number of halogens is 1. The maximum atomic E-state index is 12.4. The van der Waals surface area contributed by atoms with Crippen LogP contribution in [0.4, 0.5) is 0 Å². The summed E-state index contributed by atoms with van der Waals surface area (Å²) in [7, 11) is -2.47. The molecular weight excluding hydrogens is 364 g/mol. The molecule has 1 aliphatic rings. The first-order valence-electron chi connectivity index (χ1n) is 8.43. The number of ether oxygens (including phenoxy) is 1. The van der Waals surface area contributed by atoms with Crippen LogP contribution in [0.25, 0.3) is 0 Å². The van der Waals surface area contributed by atoms with Crippen molar-refractivity contribution in [3.63, 3.8) is 0 Å². The molecule has 1 heterocycles. The topological polar surface area (TPSA) is 75.7 Å². The fraction of sp³-hybridized carbons (Fsp3) is 0.588. The fourth-order valence-corrected chi connectivity index (χ4v) is 4.31. The number of likely N-dealkylation sites (tertiary alicyclic amines) is 1. The Morgan fingerprint density at radius 3 is 2.88 bits per heavy atom. The number of sulfonamides is 1. The zero-order valence-corrected chi connectivity index (χ0v) is 16.2. The fourth-order valence-electron chi connectivity index (χ4n) is 3.02. The maximum Gasteiger partial charge on any atom is 0.339 e. The second-order valence-corrected chi connectivity index (χ2v) is 8.61. The lowest BCUT2D eigenvalue weighted by Gasteiger charge is -2.30. The first kappa shape index (κ1) is 20.2. The van der Waals surface area contributed by atoms with Crippen LogP contribution in [-0.4, -0.2) is 52.6 Å². The van der Waals surface area contributed by atoms with Gasteiger partial charge in [-0.1, -0.05) is 18.5 Å². The van der Waals surface area contributed by atoms with Crippen molar-refractivity contribution in [2.75, 3.05) is 33.3 Å². The highest BCUT2D eigenvalue weighted by Crippen LogP contribution is 2.21. The predicted molar refractivity (Wildman–Crippen MR) is 97.4 cm³/mol. The van der Waals surface area contributed by atoms with Gasteiger partial charge in [-0.3, -0.25) is 0 Å². The second kappa shape index (κ2) is 8.98. The minimum atomic E-state index is -3.69. The molecule has 0 bridgehead atoms. The number of benzene rings is 1. The van der Waals surface area contributed by atoms with Gasteiger partial charge >= 0.3 is 5.97 Å². The third-order valence-electron chi connectivity index (χ3n) is 4.34. The van der Waals surface area contributed by atoms with Gasteiger partial charge in [-0.2, -0.15) is 0 Å². The molecule has 1 atom stereocenters. The molecule has 1 aromatic rings. The molecule has 25 heavy (non-hydrogen) atoms. The van der Waals surface area contributed by atoms with Gasteiger partial charge in [-0.15, -0.1) is 0 Å². The third-order valence-corrected chi connectivity index (χ3v) is 6.13. The molecule has 1 aromatic carbocycles. The number of nitrogens with one attached hydrogen (secondary N) is 1. The molecule has 0 amide bonds. The molecule has 0 radical (unpaired) electrons. The van der Waals surface area contributed by atoms with Gasteiger partial charge in [-0.25, -0.2) is 17.9 Å². The van der Waals surface area contributed by atoms with Crippen LogP contribution < -0.4 is 4.72 Å². The number of piperidine rings is 1. The minimum absolute atomic E-state index is 0.00361. The summed E-state index contributed by atoms with van der Waals surface area (Å²) in [5.74, 6) is 0.0394. The molecule has 0 spiro atoms. The molecule has 1 saturated heterocycles. The van der Waals surface area contributed by atoms with E-state index in [-0.39, 0.29) is 15.5 Å². The summed E-state index contributed by atoms with van der Waals surface area (Å²) in [4.78, 5) is 14.0. The van der Waals surface area contributed by atoms with Crippen molar-refractivity contribution in [1.29, 1.82) is 0 Å². The summed E-state index contributed by atoms with van der Waals surface area (Å²) in [6.45, 7) is 5.63. The van der Waals surface area contributed by atoms with E-state index in [2.05, 4.69) is 21.3 Å². The first-order chi connectivity index (χ1) is 11.8. The maximum absolute atomic E-state index is 12.4. The molecule has 140 valence electrons. The largest absolute Gasteiger partial charge is 0.465 e. The Labute approximate surface area is 154 Å². The summed E-state index contributed by atoms with van der Waals surface area (Å²) >= 11 is 5.92. The van der Waals surface area contributed by atoms with Crippen LogP contribution in [-0.2, 0) is 14.8 Å². The molecular formula is C17H25ClN2O4S. The SMILES string of the molecule is COC(=O)c1cc(S(=O)(=O)NCCCN2CCC[C@@H](C)C2)ccc1Cl. The first-order valence-corrected chi connectivity index (χ1v) is 10.3. The molecule has 0 saturated carbocycles. The average Bonchev–Trinajstić information content (AvgIpc) is 2.58. The van der Waals surface area contributed by atoms with E-state index in [1.807, 2.05) is 0 Å². The average molecular weight is 389 g/mol. The Morgan fingerprint density at radius 1 is 1.44 bits per heavy atom. The lowest BCUT2D eigenvalue weighted by Crippen LogP contribution is -2.36. The lowest BCUT2D eigenvalue weighted by atomic mass is 10.0. The van der Waals surface area contributed by atoms with Gasteiger partial charge in [0.2, 0.25) is 10.0 Å². The van der Waals surface area contributed by atoms with Crippen molar-refractivity contribution < 1.29 is 17.9 Å². The predicted octanol–water partition coefficient (Wildman–Crippen LogP) is 2.53. The minimum Gasteiger partial charge on any atom is -0.465 e. The van der Waals surface area contributed by atoms with Crippen LogP contribution in [0.15, 0.2) is 23.1 Å². The molecule has 1 aliphatic heterocycles. The number of methoxy groups -OCH3 is 1. The van der Waals surface area contributed by atoms with Crippen LogP contribution in [0.1, 0.15) is 36.5 Å². The van der Waals surface area contributed by atoms with Gasteiger partial charge in [-0.05, 0) is 56.5 Å². The molecule has 1 N–H and O–H groups in total. The standard InChI is InChI=1S/C17H25ClN2O4S/c1-13-5-3-9-20(12-13)10-4-8-19-25(22,23)14-6-7-16(18)15(11-14)17(21)24-2/h6-7,11,13,19H,3-5,8-10,12H2,1-2H3/t13-/m1/s1. The van der Waals surface area contributed by atoms with Crippen molar-refractivity contribution in [2.24, 2.45) is 5.92 Å². The van der Waals surface area contributed by atoms with Crippen molar-refractivity contribution in [1.82, 2.24) is 9.62 Å². The van der Waals surface area contributed by atoms with E-state index in [1.165, 1.54) is 38.2 Å². The van der Waals surface area contributed by atoms with Crippen LogP contribution >= 0.6 is 11.6 Å². The highest BCUT2D eigenvalue weighted by Gasteiger charge is 2.19. The molecule has 2 rings (SSSR count). The number of hydrogen-bond acceptors (Lipinski definition) is 5. The summed E-state index contributed by atoms with van der Waals surface area (Å²) in [6.07, 6.45) is 3.21. The Hall–Kier alpha value is -1.15. The van der Waals surface area contributed by atoms with E-state index < -0.39 is 16.0 Å². The number of nitrogens with zero attached hydrogens (tertiary/aromatic N) is 1. The Bertz CT molecular complexity index is 709. The van der Waals surface area contributed by atoms with Crippen molar-refractivity contribution >= 4 is 27.6 Å². The third kappa shape index (κ3) is 5.67. The number of carbonyl (C=O) groups is 1. The van der Waals surface area contributed by atoms with E-state index in [0.717, 1.165) is 26.1 Å². The molecule has 8 heteroatoms. The zero-order valence-electron chi connectivity index (χ0n) is 14.6. The Kier molecular flexibility index (Phi) is 7.25. The number of esters is 1. The number of rotatable bonds is 7. The smallest absolute Gasteiger partial charge is 0.339 e. The Balaban J connectivity index is 1.92. The normalized spacial score (nSPS) is 18.9. The molecule has 0 unspecified atom stereocenters. The van der Waals surface area contributed by atoms with E-state index in [9.17, 15) is 13.2 Å². The van der Waals surface area contributed by atoms with Crippen LogP contribution in [0.5, 0.6) is 0 Å². The lowest BCUT2D eigenvalue weighted by molar-refractivity contribution is 0.0600. The molecule has 0 aliphatic carbocycles. The van der Waals surface area contributed by atoms with E-state index in [1.54, 1.807) is 0 Å². The number of hydrogen-bond donors (Lipinski definition) is 1. The summed E-state index contributed by atoms with van der Waals surface area (Å²) in [5, 5.41) is 0.157. The summed E-state index contributed by atoms with van der Waals surface area (Å²) in [6, 6.07) is 4.00. The van der Waals surface area contributed by atoms with Gasteiger partial charge < -0.3 is 9.64 Å². The number of carbonyl (C=O) groups excluding carboxylic acids is 1. The van der Waals surface area contributed by atoms with Crippen molar-refractivity contribution in [2.45, 2.75) is 31.1 Å². The zero-order chi connectivity index (χ0) is 18.4. The van der Waals surface area contributed by atoms with Gasteiger partial charge in [0, 0.05) is 13.1 Å². The summed E-state index contributed by atoms with van der Waals surface area (Å²) < 4.78 is 32.0. The highest BCUT2D eigenvalue weighted by molar-refractivity contribution is 7.89. The van der Waals surface area contributed by atoms with Crippen molar-refractivity contribution in [3.05, 3.63) is 28.8 Å². The van der Waals surface area contributed by atoms with Crippen LogP contribution in [0, 0.1) is 5.92 Å². The van der Waals surface area contributed by atoms with Gasteiger partial charge in [0.05, 0.1) is 22.6 Å². The highest BCUT2D eigenvalue weighted by atomic mass is 35.5. The van der Waals surface area contributed by atoms with Crippen molar-refractivity contribution in [3.8, 4) is 0 Å². The van der Waals surface area contributed by atoms with Gasteiger partial charge in [0.15, 0.2) is 0 Å². The van der Waals surface area contributed by atoms with E-state index in [0.29, 0.717) is 12.5 Å². The molecule has 6 nitrogen and oxygen atoms in total. The van der Waals surface area contributed by atoms with Gasteiger partial charge in [0.25, 0.3) is 0 Å².